The predicted octanol–water partition coefficient (Wildman–Crippen LogP) is 4.47. The van der Waals surface area contributed by atoms with Crippen molar-refractivity contribution in [3.05, 3.63) is 138 Å². The number of nitrogens with one attached hydrogen (secondary N) is 1. The van der Waals surface area contributed by atoms with Crippen molar-refractivity contribution in [2.75, 3.05) is 5.73 Å². The number of nitrogen functional groups attached to an aromatic ring is 1. The van der Waals surface area contributed by atoms with E-state index >= 15 is 0 Å². The van der Waals surface area contributed by atoms with E-state index in [9.17, 15) is 14.4 Å². The second kappa shape index (κ2) is 12.3. The molecule has 0 saturated carbocycles. The highest BCUT2D eigenvalue weighted by molar-refractivity contribution is 6.02. The van der Waals surface area contributed by atoms with Gasteiger partial charge in [-0.15, -0.1) is 0 Å². The zero-order valence-corrected chi connectivity index (χ0v) is 20.4. The van der Waals surface area contributed by atoms with Crippen molar-refractivity contribution in [1.82, 2.24) is 10.2 Å². The summed E-state index contributed by atoms with van der Waals surface area (Å²) < 4.78 is 0. The van der Waals surface area contributed by atoms with Crippen LogP contribution < -0.4 is 11.1 Å². The van der Waals surface area contributed by atoms with Crippen LogP contribution in [-0.2, 0) is 33.8 Å². The molecule has 3 N–H and O–H groups in total. The number of nitrogens with zero attached hydrogens (tertiary/aromatic N) is 1. The van der Waals surface area contributed by atoms with Gasteiger partial charge < -0.3 is 11.1 Å². The number of nitrogens with two attached hydrogens (primary N) is 1. The summed E-state index contributed by atoms with van der Waals surface area (Å²) >= 11 is 0. The lowest BCUT2D eigenvalue weighted by atomic mass is 10.0. The molecule has 0 spiro atoms. The van der Waals surface area contributed by atoms with Crippen LogP contribution >= 0.6 is 0 Å². The van der Waals surface area contributed by atoms with E-state index in [1.165, 1.54) is 0 Å². The van der Waals surface area contributed by atoms with Crippen LogP contribution in [0.3, 0.4) is 0 Å². The van der Waals surface area contributed by atoms with E-state index in [0.29, 0.717) is 16.8 Å². The molecule has 0 saturated heterocycles. The third-order valence-electron chi connectivity index (χ3n) is 6.06. The smallest absolute Gasteiger partial charge is 0.248 e. The van der Waals surface area contributed by atoms with Gasteiger partial charge in [-0.05, 0) is 28.3 Å². The SMILES string of the molecule is Nc1ccccc1CC(=O)N(C(=O)Cc1ccccc1)C(C(=O)NCc1ccccc1)c1ccccc1. The molecular weight excluding hydrogens is 462 g/mol. The topological polar surface area (TPSA) is 92.5 Å². The first kappa shape index (κ1) is 25.4. The predicted molar refractivity (Wildman–Crippen MR) is 144 cm³/mol. The number of carbonyl (C=O) groups is 3. The average molecular weight is 492 g/mol. The van der Waals surface area contributed by atoms with Gasteiger partial charge in [-0.25, -0.2) is 0 Å². The summed E-state index contributed by atoms with van der Waals surface area (Å²) in [4.78, 5) is 42.2. The van der Waals surface area contributed by atoms with Crippen LogP contribution in [0.1, 0.15) is 28.3 Å². The molecule has 3 amide bonds. The fourth-order valence-corrected chi connectivity index (χ4v) is 4.16. The van der Waals surface area contributed by atoms with E-state index in [-0.39, 0.29) is 19.4 Å². The Kier molecular flexibility index (Phi) is 8.45. The maximum absolute atomic E-state index is 13.8. The number of para-hydroxylation sites is 1. The minimum Gasteiger partial charge on any atom is -0.398 e. The van der Waals surface area contributed by atoms with E-state index in [1.807, 2.05) is 66.7 Å². The fourth-order valence-electron chi connectivity index (χ4n) is 4.16. The Morgan fingerprint density at radius 1 is 0.649 bits per heavy atom. The standard InChI is InChI=1S/C31H29N3O3/c32-27-19-11-10-18-26(27)21-29(36)34(28(35)20-23-12-4-1-5-13-23)30(25-16-8-3-9-17-25)31(37)33-22-24-14-6-2-7-15-24/h1-19,30H,20-22,32H2,(H,33,37). The molecular formula is C31H29N3O3. The third-order valence-corrected chi connectivity index (χ3v) is 6.06. The van der Waals surface area contributed by atoms with Crippen LogP contribution in [0.25, 0.3) is 0 Å². The molecule has 1 unspecified atom stereocenters. The van der Waals surface area contributed by atoms with Gasteiger partial charge in [0.2, 0.25) is 17.7 Å². The fraction of sp³-hybridized carbons (Fsp3) is 0.129. The van der Waals surface area contributed by atoms with E-state index in [1.54, 1.807) is 48.5 Å². The summed E-state index contributed by atoms with van der Waals surface area (Å²) in [5.41, 5.74) is 9.35. The van der Waals surface area contributed by atoms with E-state index in [2.05, 4.69) is 5.32 Å². The Labute approximate surface area is 216 Å². The largest absolute Gasteiger partial charge is 0.398 e. The lowest BCUT2D eigenvalue weighted by Gasteiger charge is -2.30. The third kappa shape index (κ3) is 6.70. The maximum atomic E-state index is 13.8. The number of hydrogen-bond donors (Lipinski definition) is 2. The lowest BCUT2D eigenvalue weighted by molar-refractivity contribution is -0.151. The van der Waals surface area contributed by atoms with Crippen molar-refractivity contribution in [2.24, 2.45) is 0 Å². The van der Waals surface area contributed by atoms with Gasteiger partial charge in [-0.2, -0.15) is 0 Å². The molecule has 4 rings (SSSR count). The normalized spacial score (nSPS) is 11.4. The summed E-state index contributed by atoms with van der Waals surface area (Å²) in [5.74, 6) is -1.40. The molecule has 4 aromatic carbocycles. The van der Waals surface area contributed by atoms with Crippen LogP contribution in [0, 0.1) is 0 Å². The number of hydrogen-bond acceptors (Lipinski definition) is 4. The van der Waals surface area contributed by atoms with Crippen LogP contribution in [0.5, 0.6) is 0 Å². The van der Waals surface area contributed by atoms with Gasteiger partial charge in [0.15, 0.2) is 0 Å². The summed E-state index contributed by atoms with van der Waals surface area (Å²) in [7, 11) is 0. The van der Waals surface area contributed by atoms with Gasteiger partial charge in [0.25, 0.3) is 0 Å². The Morgan fingerprint density at radius 3 is 1.78 bits per heavy atom. The zero-order chi connectivity index (χ0) is 26.0. The van der Waals surface area contributed by atoms with Gasteiger partial charge in [-0.1, -0.05) is 109 Å². The number of anilines is 1. The van der Waals surface area contributed by atoms with Crippen LogP contribution in [0.2, 0.25) is 0 Å². The summed E-state index contributed by atoms with van der Waals surface area (Å²) in [6, 6.07) is 33.4. The average Bonchev–Trinajstić information content (AvgIpc) is 2.93. The molecule has 0 fully saturated rings. The highest BCUT2D eigenvalue weighted by Crippen LogP contribution is 2.25. The van der Waals surface area contributed by atoms with Gasteiger partial charge in [-0.3, -0.25) is 19.3 Å². The monoisotopic (exact) mass is 491 g/mol. The Morgan fingerprint density at radius 2 is 1.16 bits per heavy atom. The molecule has 0 aliphatic rings. The minimum atomic E-state index is -1.14. The highest BCUT2D eigenvalue weighted by Gasteiger charge is 2.36. The Hall–Kier alpha value is -4.71. The molecule has 6 nitrogen and oxygen atoms in total. The quantitative estimate of drug-likeness (QED) is 0.338. The number of carbonyl (C=O) groups excluding carboxylic acids is 3. The van der Waals surface area contributed by atoms with Crippen molar-refractivity contribution in [3.63, 3.8) is 0 Å². The minimum absolute atomic E-state index is 0.0217. The molecule has 1 atom stereocenters. The molecule has 0 aliphatic heterocycles. The molecule has 4 aromatic rings. The van der Waals surface area contributed by atoms with E-state index in [4.69, 9.17) is 5.73 Å². The van der Waals surface area contributed by atoms with Crippen molar-refractivity contribution >= 4 is 23.4 Å². The van der Waals surface area contributed by atoms with Gasteiger partial charge in [0.1, 0.15) is 6.04 Å². The van der Waals surface area contributed by atoms with Crippen LogP contribution in [0.15, 0.2) is 115 Å². The van der Waals surface area contributed by atoms with E-state index in [0.717, 1.165) is 16.0 Å². The maximum Gasteiger partial charge on any atom is 0.248 e. The Bertz CT molecular complexity index is 1340. The molecule has 0 aliphatic carbocycles. The second-order valence-corrected chi connectivity index (χ2v) is 8.71. The Balaban J connectivity index is 1.69. The van der Waals surface area contributed by atoms with Crippen LogP contribution in [0.4, 0.5) is 5.69 Å². The first-order valence-corrected chi connectivity index (χ1v) is 12.1. The highest BCUT2D eigenvalue weighted by atomic mass is 16.2. The second-order valence-electron chi connectivity index (χ2n) is 8.71. The summed E-state index contributed by atoms with van der Waals surface area (Å²) in [6.07, 6.45) is -0.130. The van der Waals surface area contributed by atoms with Crippen molar-refractivity contribution in [2.45, 2.75) is 25.4 Å². The summed E-state index contributed by atoms with van der Waals surface area (Å²) in [5, 5.41) is 2.92. The first-order valence-electron chi connectivity index (χ1n) is 12.1. The molecule has 0 radical (unpaired) electrons. The molecule has 6 heteroatoms. The zero-order valence-electron chi connectivity index (χ0n) is 20.4. The molecule has 0 heterocycles. The van der Waals surface area contributed by atoms with Gasteiger partial charge in [0, 0.05) is 12.2 Å². The van der Waals surface area contributed by atoms with Gasteiger partial charge >= 0.3 is 0 Å². The first-order chi connectivity index (χ1) is 18.0. The molecule has 37 heavy (non-hydrogen) atoms. The number of amides is 3. The number of imide groups is 1. The number of benzene rings is 4. The lowest BCUT2D eigenvalue weighted by Crippen LogP contribution is -2.48. The summed E-state index contributed by atoms with van der Waals surface area (Å²) in [6.45, 7) is 0.267. The van der Waals surface area contributed by atoms with Crippen LogP contribution in [-0.4, -0.2) is 22.6 Å². The van der Waals surface area contributed by atoms with Crippen molar-refractivity contribution in [3.8, 4) is 0 Å². The van der Waals surface area contributed by atoms with Gasteiger partial charge in [0.05, 0.1) is 12.8 Å². The molecule has 0 aromatic heterocycles. The number of rotatable bonds is 9. The molecule has 186 valence electrons. The molecule has 0 bridgehead atoms. The van der Waals surface area contributed by atoms with Crippen molar-refractivity contribution in [1.29, 1.82) is 0 Å². The van der Waals surface area contributed by atoms with Crippen molar-refractivity contribution < 1.29 is 14.4 Å². The van der Waals surface area contributed by atoms with E-state index < -0.39 is 23.8 Å².